The van der Waals surface area contributed by atoms with Crippen LogP contribution in [0.5, 0.6) is 0 Å². The van der Waals surface area contributed by atoms with Gasteiger partial charge >= 0.3 is 0 Å². The van der Waals surface area contributed by atoms with Gasteiger partial charge in [0.2, 0.25) is 15.9 Å². The maximum atomic E-state index is 12.8. The summed E-state index contributed by atoms with van der Waals surface area (Å²) in [5, 5.41) is 3.31. The molecule has 1 aliphatic rings. The predicted molar refractivity (Wildman–Crippen MR) is 119 cm³/mol. The summed E-state index contributed by atoms with van der Waals surface area (Å²) in [6, 6.07) is 13.1. The smallest absolute Gasteiger partial charge is 0.247 e. The fourth-order valence-electron chi connectivity index (χ4n) is 3.55. The van der Waals surface area contributed by atoms with Gasteiger partial charge in [-0.25, -0.2) is 8.42 Å². The van der Waals surface area contributed by atoms with Crippen LogP contribution >= 0.6 is 11.6 Å². The zero-order valence-corrected chi connectivity index (χ0v) is 18.2. The van der Waals surface area contributed by atoms with E-state index in [2.05, 4.69) is 10.2 Å². The molecule has 3 rings (SSSR count). The van der Waals surface area contributed by atoms with E-state index in [4.69, 9.17) is 11.6 Å². The average Bonchev–Trinajstić information content (AvgIpc) is 2.70. The lowest BCUT2D eigenvalue weighted by atomic mass is 10.1. The number of anilines is 3. The van der Waals surface area contributed by atoms with Gasteiger partial charge in [-0.2, -0.15) is 0 Å². The Morgan fingerprint density at radius 2 is 1.62 bits per heavy atom. The molecule has 1 fully saturated rings. The van der Waals surface area contributed by atoms with Crippen molar-refractivity contribution in [2.45, 2.75) is 32.2 Å². The Bertz CT molecular complexity index is 940. The molecule has 1 N–H and O–H groups in total. The highest BCUT2D eigenvalue weighted by Gasteiger charge is 2.29. The zero-order valence-electron chi connectivity index (χ0n) is 16.6. The van der Waals surface area contributed by atoms with E-state index in [9.17, 15) is 13.2 Å². The molecule has 29 heavy (non-hydrogen) atoms. The van der Waals surface area contributed by atoms with Crippen molar-refractivity contribution in [2.75, 3.05) is 33.9 Å². The van der Waals surface area contributed by atoms with Gasteiger partial charge in [0.15, 0.2) is 0 Å². The van der Waals surface area contributed by atoms with Crippen molar-refractivity contribution >= 4 is 44.6 Å². The van der Waals surface area contributed by atoms with Gasteiger partial charge in [-0.1, -0.05) is 11.6 Å². The Morgan fingerprint density at radius 1 is 1.03 bits per heavy atom. The molecule has 0 aliphatic carbocycles. The van der Waals surface area contributed by atoms with Crippen LogP contribution in [0.15, 0.2) is 48.5 Å². The molecular weight excluding hydrogens is 410 g/mol. The molecule has 6 nitrogen and oxygen atoms in total. The number of hydrogen-bond donors (Lipinski definition) is 1. The van der Waals surface area contributed by atoms with Crippen molar-refractivity contribution < 1.29 is 13.2 Å². The quantitative estimate of drug-likeness (QED) is 0.740. The maximum absolute atomic E-state index is 12.8. The number of hydrogen-bond acceptors (Lipinski definition) is 4. The Balaban J connectivity index is 1.73. The van der Waals surface area contributed by atoms with Gasteiger partial charge in [-0.3, -0.25) is 9.10 Å². The van der Waals surface area contributed by atoms with Crippen molar-refractivity contribution in [3.05, 3.63) is 53.6 Å². The number of carbonyl (C=O) groups is 1. The van der Waals surface area contributed by atoms with Gasteiger partial charge < -0.3 is 10.2 Å². The van der Waals surface area contributed by atoms with Crippen molar-refractivity contribution in [2.24, 2.45) is 0 Å². The molecule has 1 aliphatic heterocycles. The van der Waals surface area contributed by atoms with Crippen LogP contribution in [0.25, 0.3) is 0 Å². The second-order valence-electron chi connectivity index (χ2n) is 7.30. The van der Waals surface area contributed by atoms with Gasteiger partial charge in [0.1, 0.15) is 6.04 Å². The van der Waals surface area contributed by atoms with Gasteiger partial charge in [0.05, 0.1) is 11.9 Å². The van der Waals surface area contributed by atoms with E-state index in [1.807, 2.05) is 24.3 Å². The summed E-state index contributed by atoms with van der Waals surface area (Å²) in [7, 11) is -3.67. The number of nitrogens with one attached hydrogen (secondary N) is 1. The minimum atomic E-state index is -3.67. The monoisotopic (exact) mass is 435 g/mol. The van der Waals surface area contributed by atoms with E-state index in [-0.39, 0.29) is 0 Å². The predicted octanol–water partition coefficient (Wildman–Crippen LogP) is 4.12. The Morgan fingerprint density at radius 3 is 2.17 bits per heavy atom. The molecule has 1 amide bonds. The van der Waals surface area contributed by atoms with Crippen LogP contribution in [0.1, 0.15) is 26.2 Å². The van der Waals surface area contributed by atoms with E-state index in [1.165, 1.54) is 19.3 Å². The molecule has 0 bridgehead atoms. The highest BCUT2D eigenvalue weighted by molar-refractivity contribution is 7.92. The third kappa shape index (κ3) is 5.42. The lowest BCUT2D eigenvalue weighted by Gasteiger charge is -2.29. The summed E-state index contributed by atoms with van der Waals surface area (Å²) < 4.78 is 25.8. The summed E-state index contributed by atoms with van der Waals surface area (Å²) >= 11 is 5.90. The normalized spacial score (nSPS) is 15.6. The average molecular weight is 436 g/mol. The van der Waals surface area contributed by atoms with E-state index < -0.39 is 22.0 Å². The summed E-state index contributed by atoms with van der Waals surface area (Å²) in [5.74, 6) is -0.406. The molecular formula is C21H26ClN3O3S. The van der Waals surface area contributed by atoms with Crippen LogP contribution in [0.2, 0.25) is 5.02 Å². The van der Waals surface area contributed by atoms with Crippen LogP contribution in [0.3, 0.4) is 0 Å². The molecule has 0 aromatic heterocycles. The summed E-state index contributed by atoms with van der Waals surface area (Å²) in [4.78, 5) is 15.1. The molecule has 1 saturated heterocycles. The van der Waals surface area contributed by atoms with E-state index in [0.29, 0.717) is 16.4 Å². The molecule has 0 radical (unpaired) electrons. The van der Waals surface area contributed by atoms with Crippen molar-refractivity contribution in [3.63, 3.8) is 0 Å². The lowest BCUT2D eigenvalue weighted by Crippen LogP contribution is -2.45. The standard InChI is InChI=1S/C21H26ClN3O3S/c1-16(25(29(2,27)28)20-10-6-17(22)7-11-20)21(26)23-18-8-12-19(13-9-18)24-14-4-3-5-15-24/h6-13,16H,3-5,14-15H2,1-2H3,(H,23,26). The number of rotatable bonds is 6. The molecule has 2 aromatic rings. The number of sulfonamides is 1. The van der Waals surface area contributed by atoms with Crippen LogP contribution in [0.4, 0.5) is 17.1 Å². The maximum Gasteiger partial charge on any atom is 0.247 e. The summed E-state index contributed by atoms with van der Waals surface area (Å²) in [5.41, 5.74) is 2.15. The lowest BCUT2D eigenvalue weighted by molar-refractivity contribution is -0.116. The molecule has 1 atom stereocenters. The Hall–Kier alpha value is -2.25. The highest BCUT2D eigenvalue weighted by Crippen LogP contribution is 2.25. The molecule has 1 unspecified atom stereocenters. The number of amides is 1. The third-order valence-corrected chi connectivity index (χ3v) is 6.52. The number of halogens is 1. The summed E-state index contributed by atoms with van der Waals surface area (Å²) in [6.07, 6.45) is 4.75. The van der Waals surface area contributed by atoms with Crippen molar-refractivity contribution in [1.82, 2.24) is 0 Å². The highest BCUT2D eigenvalue weighted by atomic mass is 35.5. The molecule has 156 valence electrons. The molecule has 8 heteroatoms. The topological polar surface area (TPSA) is 69.7 Å². The minimum absolute atomic E-state index is 0.389. The molecule has 0 spiro atoms. The first kappa shape index (κ1) is 21.5. The van der Waals surface area contributed by atoms with Crippen LogP contribution < -0.4 is 14.5 Å². The Kier molecular flexibility index (Phi) is 6.70. The van der Waals surface area contributed by atoms with Crippen LogP contribution in [0, 0.1) is 0 Å². The minimum Gasteiger partial charge on any atom is -0.372 e. The summed E-state index contributed by atoms with van der Waals surface area (Å²) in [6.45, 7) is 3.66. The van der Waals surface area contributed by atoms with E-state index in [0.717, 1.165) is 29.3 Å². The first-order chi connectivity index (χ1) is 13.8. The second-order valence-corrected chi connectivity index (χ2v) is 9.59. The van der Waals surface area contributed by atoms with Gasteiger partial charge in [-0.15, -0.1) is 0 Å². The SMILES string of the molecule is CC(C(=O)Nc1ccc(N2CCCCC2)cc1)N(c1ccc(Cl)cc1)S(C)(=O)=O. The number of benzene rings is 2. The number of nitrogens with zero attached hydrogens (tertiary/aromatic N) is 2. The number of carbonyl (C=O) groups excluding carboxylic acids is 1. The third-order valence-electron chi connectivity index (χ3n) is 5.03. The molecule has 2 aromatic carbocycles. The molecule has 1 heterocycles. The largest absolute Gasteiger partial charge is 0.372 e. The fourth-order valence-corrected chi connectivity index (χ4v) is 4.85. The molecule has 0 saturated carbocycles. The zero-order chi connectivity index (χ0) is 21.0. The van der Waals surface area contributed by atoms with Crippen LogP contribution in [-0.4, -0.2) is 39.7 Å². The van der Waals surface area contributed by atoms with Gasteiger partial charge in [-0.05, 0) is 74.7 Å². The van der Waals surface area contributed by atoms with Gasteiger partial charge in [0, 0.05) is 29.5 Å². The van der Waals surface area contributed by atoms with Gasteiger partial charge in [0.25, 0.3) is 0 Å². The first-order valence-electron chi connectivity index (χ1n) is 9.66. The van der Waals surface area contributed by atoms with E-state index >= 15 is 0 Å². The fraction of sp³-hybridized carbons (Fsp3) is 0.381. The van der Waals surface area contributed by atoms with E-state index in [1.54, 1.807) is 31.2 Å². The van der Waals surface area contributed by atoms with Crippen molar-refractivity contribution in [3.8, 4) is 0 Å². The first-order valence-corrected chi connectivity index (χ1v) is 11.9. The van der Waals surface area contributed by atoms with Crippen molar-refractivity contribution in [1.29, 1.82) is 0 Å². The number of piperidine rings is 1. The van der Waals surface area contributed by atoms with Crippen LogP contribution in [-0.2, 0) is 14.8 Å². The second kappa shape index (κ2) is 9.05. The Labute approximate surface area is 177 Å².